The molecule has 0 unspecified atom stereocenters. The van der Waals surface area contributed by atoms with Gasteiger partial charge in [0.2, 0.25) is 0 Å². The fourth-order valence-corrected chi connectivity index (χ4v) is 1.87. The lowest BCUT2D eigenvalue weighted by molar-refractivity contribution is 0.660. The van der Waals surface area contributed by atoms with Crippen LogP contribution in [0.3, 0.4) is 0 Å². The summed E-state index contributed by atoms with van der Waals surface area (Å²) in [4.78, 5) is 0. The van der Waals surface area contributed by atoms with Crippen LogP contribution >= 0.6 is 0 Å². The van der Waals surface area contributed by atoms with Gasteiger partial charge in [0, 0.05) is 0 Å². The predicted molar refractivity (Wildman–Crippen MR) is 50.6 cm³/mol. The normalized spacial score (nSPS) is 18.7. The van der Waals surface area contributed by atoms with Crippen molar-refractivity contribution in [1.82, 2.24) is 0 Å². The molecule has 0 aromatic carbocycles. The summed E-state index contributed by atoms with van der Waals surface area (Å²) in [5.74, 6) is 0. The van der Waals surface area contributed by atoms with Crippen LogP contribution in [0.2, 0.25) is 0 Å². The fraction of sp³-hybridized carbons (Fsp3) is 0.636. The molecule has 1 aliphatic rings. The van der Waals surface area contributed by atoms with Crippen LogP contribution in [0.4, 0.5) is 0 Å². The Bertz CT molecular complexity index is 184. The first-order valence-electron chi connectivity index (χ1n) is 4.62. The van der Waals surface area contributed by atoms with Gasteiger partial charge in [-0.3, -0.25) is 0 Å². The molecular weight excluding hydrogens is 132 g/mol. The molecule has 0 bridgehead atoms. The summed E-state index contributed by atoms with van der Waals surface area (Å²) in [5, 5.41) is 0. The van der Waals surface area contributed by atoms with Crippen molar-refractivity contribution >= 4 is 0 Å². The quantitative estimate of drug-likeness (QED) is 0.561. The Labute approximate surface area is 70.0 Å². The topological polar surface area (TPSA) is 0 Å². The van der Waals surface area contributed by atoms with Gasteiger partial charge < -0.3 is 0 Å². The Morgan fingerprint density at radius 2 is 2.00 bits per heavy atom. The number of hydrogen-bond donors (Lipinski definition) is 0. The van der Waals surface area contributed by atoms with Crippen LogP contribution in [-0.2, 0) is 0 Å². The maximum atomic E-state index is 4.02. The van der Waals surface area contributed by atoms with Gasteiger partial charge in [0.25, 0.3) is 0 Å². The van der Waals surface area contributed by atoms with Gasteiger partial charge in [-0.25, -0.2) is 0 Å². The minimum atomic E-state index is 1.22. The molecule has 0 aromatic rings. The smallest absolute Gasteiger partial charge is 0.0277 e. The van der Waals surface area contributed by atoms with Crippen LogP contribution in [0, 0.1) is 0 Å². The Morgan fingerprint density at radius 3 is 2.45 bits per heavy atom. The summed E-state index contributed by atoms with van der Waals surface area (Å²) >= 11 is 0. The number of allylic oxidation sites excluding steroid dienone is 3. The highest BCUT2D eigenvalue weighted by molar-refractivity contribution is 5.33. The molecule has 1 aliphatic carbocycles. The van der Waals surface area contributed by atoms with E-state index in [9.17, 15) is 0 Å². The lowest BCUT2D eigenvalue weighted by atomic mass is 9.87. The van der Waals surface area contributed by atoms with Crippen molar-refractivity contribution in [3.63, 3.8) is 0 Å². The maximum absolute atomic E-state index is 4.02. The maximum Gasteiger partial charge on any atom is -0.0277 e. The van der Waals surface area contributed by atoms with Crippen LogP contribution in [0.25, 0.3) is 0 Å². The van der Waals surface area contributed by atoms with E-state index in [0.717, 1.165) is 0 Å². The van der Waals surface area contributed by atoms with Gasteiger partial charge >= 0.3 is 0 Å². The molecule has 0 saturated carbocycles. The number of hydrogen-bond acceptors (Lipinski definition) is 0. The van der Waals surface area contributed by atoms with E-state index in [-0.39, 0.29) is 0 Å². The summed E-state index contributed by atoms with van der Waals surface area (Å²) in [6.07, 6.45) is 6.57. The Morgan fingerprint density at radius 1 is 1.36 bits per heavy atom. The van der Waals surface area contributed by atoms with Gasteiger partial charge in [-0.1, -0.05) is 24.6 Å². The third-order valence-corrected chi connectivity index (χ3v) is 2.52. The summed E-state index contributed by atoms with van der Waals surface area (Å²) < 4.78 is 0. The van der Waals surface area contributed by atoms with Crippen LogP contribution in [0.15, 0.2) is 23.3 Å². The third-order valence-electron chi connectivity index (χ3n) is 2.52. The second-order valence-corrected chi connectivity index (χ2v) is 3.42. The van der Waals surface area contributed by atoms with Crippen molar-refractivity contribution < 1.29 is 0 Å². The van der Waals surface area contributed by atoms with E-state index in [1.807, 2.05) is 0 Å². The fourth-order valence-electron chi connectivity index (χ4n) is 1.87. The minimum absolute atomic E-state index is 1.22. The Hall–Kier alpha value is -0.520. The molecule has 11 heavy (non-hydrogen) atoms. The molecule has 0 heteroatoms. The lowest BCUT2D eigenvalue weighted by Crippen LogP contribution is -1.99. The van der Waals surface area contributed by atoms with Crippen molar-refractivity contribution in [2.45, 2.75) is 46.0 Å². The molecule has 0 amide bonds. The van der Waals surface area contributed by atoms with Crippen LogP contribution < -0.4 is 0 Å². The lowest BCUT2D eigenvalue weighted by Gasteiger charge is -2.19. The van der Waals surface area contributed by atoms with E-state index < -0.39 is 0 Å². The molecule has 1 rings (SSSR count). The van der Waals surface area contributed by atoms with Gasteiger partial charge in [-0.05, 0) is 44.6 Å². The van der Waals surface area contributed by atoms with E-state index in [0.29, 0.717) is 0 Å². The van der Waals surface area contributed by atoms with E-state index in [4.69, 9.17) is 0 Å². The van der Waals surface area contributed by atoms with E-state index >= 15 is 0 Å². The molecule has 0 N–H and O–H groups in total. The van der Waals surface area contributed by atoms with Crippen molar-refractivity contribution in [3.05, 3.63) is 23.3 Å². The molecule has 0 atom stereocenters. The van der Waals surface area contributed by atoms with Crippen LogP contribution in [0.1, 0.15) is 46.0 Å². The van der Waals surface area contributed by atoms with E-state index in [1.165, 1.54) is 37.7 Å². The van der Waals surface area contributed by atoms with Crippen LogP contribution in [0.5, 0.6) is 0 Å². The van der Waals surface area contributed by atoms with Gasteiger partial charge in [0.05, 0.1) is 0 Å². The monoisotopic (exact) mass is 150 g/mol. The summed E-state index contributed by atoms with van der Waals surface area (Å²) in [6, 6.07) is 0. The van der Waals surface area contributed by atoms with E-state index in [2.05, 4.69) is 20.4 Å². The Balaban J connectivity index is 2.81. The molecule has 0 aromatic heterocycles. The summed E-state index contributed by atoms with van der Waals surface area (Å²) in [7, 11) is 0. The zero-order valence-electron chi connectivity index (χ0n) is 7.74. The third kappa shape index (κ3) is 1.95. The highest BCUT2D eigenvalue weighted by Gasteiger charge is 2.10. The largest absolute Gasteiger partial charge is 0.0958 e. The first-order chi connectivity index (χ1) is 5.25. The molecule has 0 saturated heterocycles. The second-order valence-electron chi connectivity index (χ2n) is 3.42. The first-order valence-corrected chi connectivity index (χ1v) is 4.62. The van der Waals surface area contributed by atoms with Gasteiger partial charge in [-0.15, -0.1) is 0 Å². The predicted octanol–water partition coefficient (Wildman–Crippen LogP) is 3.84. The average molecular weight is 150 g/mol. The highest BCUT2D eigenvalue weighted by Crippen LogP contribution is 2.30. The number of rotatable bonds is 2. The molecule has 0 radical (unpaired) electrons. The molecule has 0 heterocycles. The molecule has 0 nitrogen and oxygen atoms in total. The standard InChI is InChI=1S/C11H18/c1-4-10-7-5-6-8-11(10)9(2)3/h2,4-8H2,1,3H3. The molecule has 0 spiro atoms. The molecule has 62 valence electrons. The van der Waals surface area contributed by atoms with Crippen LogP contribution in [-0.4, -0.2) is 0 Å². The summed E-state index contributed by atoms with van der Waals surface area (Å²) in [5.41, 5.74) is 4.52. The molecule has 0 fully saturated rings. The van der Waals surface area contributed by atoms with Crippen molar-refractivity contribution in [2.75, 3.05) is 0 Å². The van der Waals surface area contributed by atoms with Gasteiger partial charge in [0.15, 0.2) is 0 Å². The average Bonchev–Trinajstić information content (AvgIpc) is 2.04. The SMILES string of the molecule is C=C(C)C1=C(CC)CCCC1. The zero-order valence-corrected chi connectivity index (χ0v) is 7.74. The second kappa shape index (κ2) is 3.75. The first kappa shape index (κ1) is 8.58. The van der Waals surface area contributed by atoms with Crippen molar-refractivity contribution in [1.29, 1.82) is 0 Å². The van der Waals surface area contributed by atoms with E-state index in [1.54, 1.807) is 11.1 Å². The summed E-state index contributed by atoms with van der Waals surface area (Å²) in [6.45, 7) is 8.41. The highest BCUT2D eigenvalue weighted by atomic mass is 14.2. The Kier molecular flexibility index (Phi) is 2.92. The van der Waals surface area contributed by atoms with Gasteiger partial charge in [-0.2, -0.15) is 0 Å². The molecular formula is C11H18. The zero-order chi connectivity index (χ0) is 8.27. The molecule has 0 aliphatic heterocycles. The van der Waals surface area contributed by atoms with Crippen molar-refractivity contribution in [2.24, 2.45) is 0 Å². The van der Waals surface area contributed by atoms with Crippen molar-refractivity contribution in [3.8, 4) is 0 Å². The minimum Gasteiger partial charge on any atom is -0.0958 e. The van der Waals surface area contributed by atoms with Gasteiger partial charge in [0.1, 0.15) is 0 Å².